The average molecular weight is 365 g/mol. The summed E-state index contributed by atoms with van der Waals surface area (Å²) in [5.74, 6) is 0.471. The van der Waals surface area contributed by atoms with E-state index in [2.05, 4.69) is 5.16 Å². The van der Waals surface area contributed by atoms with Crippen LogP contribution in [0.5, 0.6) is 0 Å². The third-order valence-corrected chi connectivity index (χ3v) is 4.72. The molecule has 0 spiro atoms. The van der Waals surface area contributed by atoms with Crippen molar-refractivity contribution in [2.45, 2.75) is 19.4 Å². The van der Waals surface area contributed by atoms with Crippen LogP contribution in [0.2, 0.25) is 0 Å². The van der Waals surface area contributed by atoms with Gasteiger partial charge in [-0.1, -0.05) is 23.4 Å². The first-order chi connectivity index (χ1) is 13.2. The lowest BCUT2D eigenvalue weighted by Gasteiger charge is -2.26. The molecule has 27 heavy (non-hydrogen) atoms. The van der Waals surface area contributed by atoms with Crippen LogP contribution in [0.4, 0.5) is 5.69 Å². The fraction of sp³-hybridized carbons (Fsp3) is 0.250. The number of amides is 2. The van der Waals surface area contributed by atoms with Crippen molar-refractivity contribution in [3.63, 3.8) is 0 Å². The number of likely N-dealkylation sites (N-methyl/N-ethyl adjacent to an activating group) is 1. The molecule has 0 bridgehead atoms. The fourth-order valence-electron chi connectivity index (χ4n) is 3.38. The Morgan fingerprint density at radius 3 is 2.74 bits per heavy atom. The second-order valence-corrected chi connectivity index (χ2v) is 6.27. The normalized spacial score (nSPS) is 16.7. The second-order valence-electron chi connectivity index (χ2n) is 6.27. The van der Waals surface area contributed by atoms with Crippen LogP contribution >= 0.6 is 0 Å². The van der Waals surface area contributed by atoms with Crippen LogP contribution in [0.25, 0.3) is 11.5 Å². The maximum atomic E-state index is 12.9. The van der Waals surface area contributed by atoms with E-state index in [1.807, 2.05) is 37.3 Å². The Kier molecular flexibility index (Phi) is 4.50. The molecule has 1 aliphatic rings. The number of carbonyl (C=O) groups excluding carboxylic acids is 2. The number of hydrogen-bond donors (Lipinski definition) is 0. The molecular weight excluding hydrogens is 346 g/mol. The summed E-state index contributed by atoms with van der Waals surface area (Å²) in [7, 11) is 0. The lowest BCUT2D eigenvalue weighted by atomic mass is 10.2. The van der Waals surface area contributed by atoms with Crippen molar-refractivity contribution in [2.75, 3.05) is 18.0 Å². The third kappa shape index (κ3) is 3.12. The summed E-state index contributed by atoms with van der Waals surface area (Å²) in [6.45, 7) is 2.83. The smallest absolute Gasteiger partial charge is 0.276 e. The van der Waals surface area contributed by atoms with Crippen molar-refractivity contribution in [1.82, 2.24) is 10.1 Å². The van der Waals surface area contributed by atoms with Crippen LogP contribution in [0, 0.1) is 0 Å². The summed E-state index contributed by atoms with van der Waals surface area (Å²) >= 11 is 0. The van der Waals surface area contributed by atoms with E-state index in [-0.39, 0.29) is 17.5 Å². The molecule has 1 aliphatic heterocycles. The Hall–Kier alpha value is -3.35. The van der Waals surface area contributed by atoms with Gasteiger partial charge in [-0.15, -0.1) is 0 Å². The predicted octanol–water partition coefficient (Wildman–Crippen LogP) is 3.20. The molecule has 4 rings (SSSR count). The monoisotopic (exact) mass is 365 g/mol. The van der Waals surface area contributed by atoms with E-state index in [1.54, 1.807) is 21.9 Å². The highest BCUT2D eigenvalue weighted by Crippen LogP contribution is 2.26. The maximum Gasteiger partial charge on any atom is 0.276 e. The molecule has 7 heteroatoms. The maximum absolute atomic E-state index is 12.9. The van der Waals surface area contributed by atoms with Crippen molar-refractivity contribution in [1.29, 1.82) is 0 Å². The van der Waals surface area contributed by atoms with Crippen LogP contribution in [0.1, 0.15) is 23.8 Å². The van der Waals surface area contributed by atoms with Gasteiger partial charge in [0.05, 0.1) is 6.26 Å². The van der Waals surface area contributed by atoms with E-state index in [0.29, 0.717) is 31.0 Å². The molecule has 3 aromatic rings. The first-order valence-electron chi connectivity index (χ1n) is 8.87. The minimum atomic E-state index is -0.508. The van der Waals surface area contributed by atoms with Crippen molar-refractivity contribution < 1.29 is 18.5 Å². The molecule has 2 aromatic heterocycles. The van der Waals surface area contributed by atoms with E-state index in [1.165, 1.54) is 12.3 Å². The minimum absolute atomic E-state index is 0.0776. The quantitative estimate of drug-likeness (QED) is 0.694. The topological polar surface area (TPSA) is 79.8 Å². The second kappa shape index (κ2) is 7.11. The zero-order valence-corrected chi connectivity index (χ0v) is 14.9. The highest BCUT2D eigenvalue weighted by molar-refractivity contribution is 6.03. The lowest BCUT2D eigenvalue weighted by molar-refractivity contribution is -0.120. The largest absolute Gasteiger partial charge is 0.461 e. The van der Waals surface area contributed by atoms with Crippen LogP contribution in [-0.4, -0.2) is 41.0 Å². The molecule has 1 aromatic carbocycles. The van der Waals surface area contributed by atoms with Crippen molar-refractivity contribution in [3.05, 3.63) is 60.5 Å². The Labute approximate surface area is 156 Å². The molecule has 7 nitrogen and oxygen atoms in total. The van der Waals surface area contributed by atoms with E-state index in [9.17, 15) is 9.59 Å². The van der Waals surface area contributed by atoms with Gasteiger partial charge in [-0.3, -0.25) is 9.59 Å². The van der Waals surface area contributed by atoms with Gasteiger partial charge in [0.15, 0.2) is 11.5 Å². The Morgan fingerprint density at radius 2 is 2.04 bits per heavy atom. The van der Waals surface area contributed by atoms with Crippen LogP contribution in [0.3, 0.4) is 0 Å². The Morgan fingerprint density at radius 1 is 1.22 bits per heavy atom. The van der Waals surface area contributed by atoms with Gasteiger partial charge < -0.3 is 18.7 Å². The lowest BCUT2D eigenvalue weighted by Crippen LogP contribution is -2.45. The van der Waals surface area contributed by atoms with Gasteiger partial charge in [0.25, 0.3) is 5.91 Å². The summed E-state index contributed by atoms with van der Waals surface area (Å²) < 4.78 is 10.5. The van der Waals surface area contributed by atoms with Crippen molar-refractivity contribution >= 4 is 17.5 Å². The molecule has 2 amide bonds. The van der Waals surface area contributed by atoms with Gasteiger partial charge in [0, 0.05) is 24.8 Å². The van der Waals surface area contributed by atoms with Gasteiger partial charge >= 0.3 is 0 Å². The summed E-state index contributed by atoms with van der Waals surface area (Å²) in [5, 5.41) is 3.86. The average Bonchev–Trinajstić information content (AvgIpc) is 3.44. The zero-order chi connectivity index (χ0) is 18.8. The van der Waals surface area contributed by atoms with Crippen LogP contribution in [-0.2, 0) is 4.79 Å². The molecule has 1 saturated heterocycles. The number of para-hydroxylation sites is 1. The number of anilines is 1. The van der Waals surface area contributed by atoms with Gasteiger partial charge in [-0.2, -0.15) is 0 Å². The van der Waals surface area contributed by atoms with E-state index in [0.717, 1.165) is 5.69 Å². The number of nitrogens with zero attached hydrogens (tertiary/aromatic N) is 3. The van der Waals surface area contributed by atoms with Crippen molar-refractivity contribution in [3.8, 4) is 11.5 Å². The van der Waals surface area contributed by atoms with Crippen LogP contribution in [0.15, 0.2) is 63.7 Å². The first kappa shape index (κ1) is 17.1. The van der Waals surface area contributed by atoms with Gasteiger partial charge in [0.2, 0.25) is 11.7 Å². The third-order valence-electron chi connectivity index (χ3n) is 4.72. The van der Waals surface area contributed by atoms with E-state index < -0.39 is 6.04 Å². The molecule has 138 valence electrons. The van der Waals surface area contributed by atoms with Crippen LogP contribution < -0.4 is 4.90 Å². The Balaban J connectivity index is 1.54. The highest BCUT2D eigenvalue weighted by atomic mass is 16.5. The number of benzene rings is 1. The molecule has 1 atom stereocenters. The molecule has 0 radical (unpaired) electrons. The summed E-state index contributed by atoms with van der Waals surface area (Å²) in [5.41, 5.74) is 1.00. The molecule has 0 N–H and O–H groups in total. The number of hydrogen-bond acceptors (Lipinski definition) is 5. The Bertz CT molecular complexity index is 933. The molecule has 0 aliphatic carbocycles. The molecule has 3 heterocycles. The number of rotatable bonds is 5. The van der Waals surface area contributed by atoms with E-state index in [4.69, 9.17) is 8.94 Å². The summed E-state index contributed by atoms with van der Waals surface area (Å²) in [6, 6.07) is 14.0. The predicted molar refractivity (Wildman–Crippen MR) is 98.1 cm³/mol. The molecule has 1 unspecified atom stereocenters. The molecular formula is C20H19N3O4. The van der Waals surface area contributed by atoms with Gasteiger partial charge in [-0.05, 0) is 37.6 Å². The van der Waals surface area contributed by atoms with Gasteiger partial charge in [0.1, 0.15) is 6.04 Å². The first-order valence-corrected chi connectivity index (χ1v) is 8.87. The molecule has 0 saturated carbocycles. The fourth-order valence-corrected chi connectivity index (χ4v) is 3.38. The number of aromatic nitrogens is 1. The minimum Gasteiger partial charge on any atom is -0.461 e. The van der Waals surface area contributed by atoms with E-state index >= 15 is 0 Å². The number of carbonyl (C=O) groups is 2. The summed E-state index contributed by atoms with van der Waals surface area (Å²) in [6.07, 6.45) is 2.10. The highest BCUT2D eigenvalue weighted by Gasteiger charge is 2.39. The SMILES string of the molecule is CCN(C(=O)c1cc(-c2ccco2)on1)C1CCN(c2ccccc2)C1=O. The zero-order valence-electron chi connectivity index (χ0n) is 14.9. The summed E-state index contributed by atoms with van der Waals surface area (Å²) in [4.78, 5) is 29.1. The number of furan rings is 1. The van der Waals surface area contributed by atoms with Crippen molar-refractivity contribution in [2.24, 2.45) is 0 Å². The van der Waals surface area contributed by atoms with Gasteiger partial charge in [-0.25, -0.2) is 0 Å². The standard InChI is InChI=1S/C20H19N3O4/c1-2-22(16-10-11-23(20(16)25)14-7-4-3-5-8-14)19(24)15-13-18(27-21-15)17-9-6-12-26-17/h3-9,12-13,16H,2,10-11H2,1H3. The molecule has 1 fully saturated rings.